The minimum atomic E-state index is 0.341. The standard InChI is InChI=1S/C20H33N7/c1-5-8-27-15-21-22-19(27)18-13-24(3)14-20(18)6-9-26(10-7-20)12-17-11-25(4)23-16(17)2/h11,15,18H,5-10,12-14H2,1-4H3. The van der Waals surface area contributed by atoms with E-state index >= 15 is 0 Å². The van der Waals surface area contributed by atoms with Crippen molar-refractivity contribution in [2.45, 2.75) is 52.1 Å². The van der Waals surface area contributed by atoms with Gasteiger partial charge >= 0.3 is 0 Å². The lowest BCUT2D eigenvalue weighted by Gasteiger charge is -2.42. The highest BCUT2D eigenvalue weighted by atomic mass is 15.3. The highest BCUT2D eigenvalue weighted by Gasteiger charge is 2.49. The molecule has 2 aromatic rings. The molecular weight excluding hydrogens is 338 g/mol. The van der Waals surface area contributed by atoms with Crippen molar-refractivity contribution in [2.24, 2.45) is 12.5 Å². The maximum absolute atomic E-state index is 4.56. The third kappa shape index (κ3) is 3.55. The third-order valence-electron chi connectivity index (χ3n) is 6.60. The highest BCUT2D eigenvalue weighted by molar-refractivity contribution is 5.16. The summed E-state index contributed by atoms with van der Waals surface area (Å²) in [6.45, 7) is 11.0. The number of hydrogen-bond donors (Lipinski definition) is 0. The van der Waals surface area contributed by atoms with Crippen LogP contribution < -0.4 is 0 Å². The van der Waals surface area contributed by atoms with E-state index in [4.69, 9.17) is 0 Å². The summed E-state index contributed by atoms with van der Waals surface area (Å²) in [7, 11) is 4.26. The van der Waals surface area contributed by atoms with Crippen LogP contribution in [0.4, 0.5) is 0 Å². The fraction of sp³-hybridized carbons (Fsp3) is 0.750. The van der Waals surface area contributed by atoms with Crippen molar-refractivity contribution in [2.75, 3.05) is 33.2 Å². The summed E-state index contributed by atoms with van der Waals surface area (Å²) in [6, 6.07) is 0. The molecule has 4 heterocycles. The smallest absolute Gasteiger partial charge is 0.137 e. The van der Waals surface area contributed by atoms with Gasteiger partial charge in [-0.15, -0.1) is 10.2 Å². The number of rotatable bonds is 5. The first-order chi connectivity index (χ1) is 13.0. The molecule has 1 spiro atoms. The van der Waals surface area contributed by atoms with Gasteiger partial charge in [0.05, 0.1) is 5.69 Å². The van der Waals surface area contributed by atoms with Gasteiger partial charge in [-0.3, -0.25) is 9.58 Å². The van der Waals surface area contributed by atoms with Gasteiger partial charge in [-0.25, -0.2) is 0 Å². The van der Waals surface area contributed by atoms with E-state index < -0.39 is 0 Å². The van der Waals surface area contributed by atoms with Gasteiger partial charge in [0.2, 0.25) is 0 Å². The normalized spacial score (nSPS) is 23.5. The zero-order chi connectivity index (χ0) is 19.0. The number of piperidine rings is 1. The van der Waals surface area contributed by atoms with Crippen LogP contribution in [0.15, 0.2) is 12.5 Å². The van der Waals surface area contributed by atoms with Crippen molar-refractivity contribution < 1.29 is 0 Å². The lowest BCUT2D eigenvalue weighted by molar-refractivity contribution is 0.0910. The van der Waals surface area contributed by atoms with E-state index in [9.17, 15) is 0 Å². The predicted molar refractivity (Wildman–Crippen MR) is 105 cm³/mol. The fourth-order valence-electron chi connectivity index (χ4n) is 5.23. The van der Waals surface area contributed by atoms with Crippen LogP contribution in [0.1, 0.15) is 49.2 Å². The molecule has 0 bridgehead atoms. The summed E-state index contributed by atoms with van der Waals surface area (Å²) in [5, 5.41) is 13.3. The molecule has 0 N–H and O–H groups in total. The first-order valence-corrected chi connectivity index (χ1v) is 10.3. The SMILES string of the molecule is CCCn1cnnc1C1CN(C)CC12CCN(Cc1cn(C)nc1C)CC2. The van der Waals surface area contributed by atoms with E-state index in [0.717, 1.165) is 44.8 Å². The van der Waals surface area contributed by atoms with E-state index in [1.54, 1.807) is 0 Å². The first kappa shape index (κ1) is 18.6. The van der Waals surface area contributed by atoms with Gasteiger partial charge in [-0.05, 0) is 51.7 Å². The second-order valence-electron chi connectivity index (χ2n) is 8.68. The summed E-state index contributed by atoms with van der Waals surface area (Å²) >= 11 is 0. The lowest BCUT2D eigenvalue weighted by Crippen LogP contribution is -2.43. The Labute approximate surface area is 162 Å². The summed E-state index contributed by atoms with van der Waals surface area (Å²) in [6.07, 6.45) is 7.68. The molecule has 1 atom stereocenters. The number of likely N-dealkylation sites (tertiary alicyclic amines) is 2. The molecule has 2 aromatic heterocycles. The Morgan fingerprint density at radius 2 is 2.00 bits per heavy atom. The minimum absolute atomic E-state index is 0.341. The van der Waals surface area contributed by atoms with E-state index in [1.807, 2.05) is 18.1 Å². The van der Waals surface area contributed by atoms with Gasteiger partial charge in [0.25, 0.3) is 0 Å². The van der Waals surface area contributed by atoms with Crippen LogP contribution in [0.25, 0.3) is 0 Å². The van der Waals surface area contributed by atoms with Crippen LogP contribution in [0.2, 0.25) is 0 Å². The van der Waals surface area contributed by atoms with Crippen molar-refractivity contribution in [3.05, 3.63) is 29.6 Å². The van der Waals surface area contributed by atoms with Crippen molar-refractivity contribution >= 4 is 0 Å². The summed E-state index contributed by atoms with van der Waals surface area (Å²) in [4.78, 5) is 5.10. The Morgan fingerprint density at radius 1 is 1.22 bits per heavy atom. The molecule has 7 nitrogen and oxygen atoms in total. The number of hydrogen-bond acceptors (Lipinski definition) is 5. The minimum Gasteiger partial charge on any atom is -0.317 e. The van der Waals surface area contributed by atoms with Crippen molar-refractivity contribution in [1.29, 1.82) is 0 Å². The van der Waals surface area contributed by atoms with E-state index in [0.29, 0.717) is 11.3 Å². The molecule has 0 saturated carbocycles. The number of aryl methyl sites for hydroxylation is 3. The van der Waals surface area contributed by atoms with Crippen LogP contribution in [0, 0.1) is 12.3 Å². The maximum Gasteiger partial charge on any atom is 0.137 e. The number of aromatic nitrogens is 5. The Kier molecular flexibility index (Phi) is 5.07. The average molecular weight is 372 g/mol. The Hall–Kier alpha value is -1.73. The number of likely N-dealkylation sites (N-methyl/N-ethyl adjacent to an activating group) is 1. The molecule has 0 amide bonds. The molecule has 7 heteroatoms. The van der Waals surface area contributed by atoms with Gasteiger partial charge in [-0.1, -0.05) is 6.92 Å². The molecule has 2 fully saturated rings. The third-order valence-corrected chi connectivity index (χ3v) is 6.60. The summed E-state index contributed by atoms with van der Waals surface area (Å²) in [5.41, 5.74) is 2.86. The Balaban J connectivity index is 1.48. The van der Waals surface area contributed by atoms with E-state index in [-0.39, 0.29) is 0 Å². The van der Waals surface area contributed by atoms with Crippen LogP contribution >= 0.6 is 0 Å². The fourth-order valence-corrected chi connectivity index (χ4v) is 5.23. The molecule has 0 aromatic carbocycles. The van der Waals surface area contributed by atoms with Gasteiger partial charge in [-0.2, -0.15) is 5.10 Å². The van der Waals surface area contributed by atoms with E-state index in [2.05, 4.69) is 56.8 Å². The molecule has 27 heavy (non-hydrogen) atoms. The molecule has 2 aliphatic heterocycles. The Bertz CT molecular complexity index is 769. The van der Waals surface area contributed by atoms with Gasteiger partial charge in [0.15, 0.2) is 0 Å². The van der Waals surface area contributed by atoms with Crippen molar-refractivity contribution in [1.82, 2.24) is 34.3 Å². The summed E-state index contributed by atoms with van der Waals surface area (Å²) < 4.78 is 4.22. The second kappa shape index (κ2) is 7.36. The molecule has 0 aliphatic carbocycles. The lowest BCUT2D eigenvalue weighted by atomic mass is 9.70. The van der Waals surface area contributed by atoms with Crippen LogP contribution in [-0.4, -0.2) is 67.6 Å². The van der Waals surface area contributed by atoms with Crippen molar-refractivity contribution in [3.8, 4) is 0 Å². The maximum atomic E-state index is 4.56. The second-order valence-corrected chi connectivity index (χ2v) is 8.68. The first-order valence-electron chi connectivity index (χ1n) is 10.3. The monoisotopic (exact) mass is 371 g/mol. The van der Waals surface area contributed by atoms with Gasteiger partial charge < -0.3 is 9.47 Å². The molecule has 1 unspecified atom stereocenters. The summed E-state index contributed by atoms with van der Waals surface area (Å²) in [5.74, 6) is 1.71. The number of nitrogens with zero attached hydrogens (tertiary/aromatic N) is 7. The topological polar surface area (TPSA) is 55.0 Å². The predicted octanol–water partition coefficient (Wildman–Crippen LogP) is 2.04. The van der Waals surface area contributed by atoms with Gasteiger partial charge in [0.1, 0.15) is 12.2 Å². The van der Waals surface area contributed by atoms with Crippen molar-refractivity contribution in [3.63, 3.8) is 0 Å². The molecule has 148 valence electrons. The molecular formula is C20H33N7. The van der Waals surface area contributed by atoms with Crippen LogP contribution in [-0.2, 0) is 20.1 Å². The quantitative estimate of drug-likeness (QED) is 0.805. The average Bonchev–Trinajstić information content (AvgIpc) is 3.29. The Morgan fingerprint density at radius 3 is 2.67 bits per heavy atom. The largest absolute Gasteiger partial charge is 0.317 e. The molecule has 4 rings (SSSR count). The van der Waals surface area contributed by atoms with Crippen LogP contribution in [0.3, 0.4) is 0 Å². The van der Waals surface area contributed by atoms with Crippen LogP contribution in [0.5, 0.6) is 0 Å². The zero-order valence-corrected chi connectivity index (χ0v) is 17.2. The molecule has 2 aliphatic rings. The zero-order valence-electron chi connectivity index (χ0n) is 17.2. The molecule has 0 radical (unpaired) electrons. The highest BCUT2D eigenvalue weighted by Crippen LogP contribution is 2.49. The van der Waals surface area contributed by atoms with Gasteiger partial charge in [0, 0.05) is 50.9 Å². The molecule has 2 saturated heterocycles. The van der Waals surface area contributed by atoms with E-state index in [1.165, 1.54) is 30.8 Å².